The molecule has 1 saturated heterocycles. The Balaban J connectivity index is 0.00000208. The van der Waals surface area contributed by atoms with Crippen LogP contribution < -0.4 is 5.32 Å². The molecule has 3 rings (SSSR count). The van der Waals surface area contributed by atoms with E-state index < -0.39 is 0 Å². The molecule has 2 heterocycles. The Labute approximate surface area is 149 Å². The number of carbonyl (C=O) groups is 2. The molecule has 1 aromatic rings. The second-order valence-electron chi connectivity index (χ2n) is 6.74. The van der Waals surface area contributed by atoms with E-state index in [4.69, 9.17) is 0 Å². The maximum absolute atomic E-state index is 12.7. The van der Waals surface area contributed by atoms with Crippen LogP contribution in [0.1, 0.15) is 24.0 Å². The van der Waals surface area contributed by atoms with Crippen LogP contribution in [0.25, 0.3) is 0 Å². The van der Waals surface area contributed by atoms with Crippen molar-refractivity contribution in [2.45, 2.75) is 31.8 Å². The second-order valence-corrected chi connectivity index (χ2v) is 6.74. The van der Waals surface area contributed by atoms with Crippen molar-refractivity contribution in [3.63, 3.8) is 0 Å². The van der Waals surface area contributed by atoms with Gasteiger partial charge in [-0.05, 0) is 30.4 Å². The van der Waals surface area contributed by atoms with Crippen molar-refractivity contribution in [1.82, 2.24) is 15.1 Å². The van der Waals surface area contributed by atoms with Crippen LogP contribution in [0.3, 0.4) is 0 Å². The fourth-order valence-electron chi connectivity index (χ4n) is 3.56. The fraction of sp³-hybridized carbons (Fsp3) is 0.556. The van der Waals surface area contributed by atoms with Gasteiger partial charge in [0.15, 0.2) is 0 Å². The van der Waals surface area contributed by atoms with Gasteiger partial charge in [-0.1, -0.05) is 24.3 Å². The normalized spacial score (nSPS) is 20.8. The first-order valence-corrected chi connectivity index (χ1v) is 8.36. The molecule has 2 aliphatic heterocycles. The van der Waals surface area contributed by atoms with E-state index in [1.165, 1.54) is 11.1 Å². The quantitative estimate of drug-likeness (QED) is 0.877. The number of amides is 2. The van der Waals surface area contributed by atoms with Crippen LogP contribution in [0, 0.1) is 5.92 Å². The zero-order chi connectivity index (χ0) is 16.4. The average molecular weight is 352 g/mol. The number of nitrogens with zero attached hydrogens (tertiary/aromatic N) is 2. The summed E-state index contributed by atoms with van der Waals surface area (Å²) in [6.45, 7) is 2.12. The maximum atomic E-state index is 12.7. The molecule has 1 aromatic carbocycles. The van der Waals surface area contributed by atoms with Crippen molar-refractivity contribution < 1.29 is 9.59 Å². The topological polar surface area (TPSA) is 52.7 Å². The van der Waals surface area contributed by atoms with Gasteiger partial charge in [0, 0.05) is 39.6 Å². The first-order chi connectivity index (χ1) is 11.1. The zero-order valence-corrected chi connectivity index (χ0v) is 15.1. The second kappa shape index (κ2) is 7.99. The summed E-state index contributed by atoms with van der Waals surface area (Å²) in [6, 6.07) is 8.16. The number of hydrogen-bond acceptors (Lipinski definition) is 3. The third-order valence-electron chi connectivity index (χ3n) is 4.98. The summed E-state index contributed by atoms with van der Waals surface area (Å²) >= 11 is 0. The summed E-state index contributed by atoms with van der Waals surface area (Å²) in [6.07, 6.45) is 2.30. The molecule has 0 radical (unpaired) electrons. The average Bonchev–Trinajstić information content (AvgIpc) is 2.60. The zero-order valence-electron chi connectivity index (χ0n) is 14.3. The monoisotopic (exact) mass is 351 g/mol. The molecule has 5 nitrogen and oxygen atoms in total. The molecular formula is C18H26ClN3O2. The van der Waals surface area contributed by atoms with Gasteiger partial charge in [-0.3, -0.25) is 9.59 Å². The van der Waals surface area contributed by atoms with Crippen LogP contribution in [0.4, 0.5) is 0 Å². The van der Waals surface area contributed by atoms with Gasteiger partial charge in [0.05, 0.1) is 6.04 Å². The molecule has 6 heteroatoms. The highest BCUT2D eigenvalue weighted by atomic mass is 35.5. The molecule has 1 fully saturated rings. The number of likely N-dealkylation sites (tertiary alicyclic amines) is 1. The molecule has 0 spiro atoms. The third kappa shape index (κ3) is 3.90. The van der Waals surface area contributed by atoms with Crippen LogP contribution >= 0.6 is 12.4 Å². The fourth-order valence-corrected chi connectivity index (χ4v) is 3.56. The molecule has 0 aromatic heterocycles. The Morgan fingerprint density at radius 1 is 1.12 bits per heavy atom. The van der Waals surface area contributed by atoms with Gasteiger partial charge in [0.1, 0.15) is 0 Å². The molecule has 1 unspecified atom stereocenters. The molecule has 2 amide bonds. The Kier molecular flexibility index (Phi) is 6.24. The standard InChI is InChI=1S/C18H25N3O2.ClH/c1-20(2)17(22)13-7-9-21(10-8-13)18(23)16-11-14-5-3-4-6-15(14)12-19-16;/h3-6,13,16,19H,7-12H2,1-2H3;1H. The summed E-state index contributed by atoms with van der Waals surface area (Å²) < 4.78 is 0. The summed E-state index contributed by atoms with van der Waals surface area (Å²) in [4.78, 5) is 28.3. The molecule has 0 aliphatic carbocycles. The summed E-state index contributed by atoms with van der Waals surface area (Å²) in [7, 11) is 3.59. The largest absolute Gasteiger partial charge is 0.349 e. The summed E-state index contributed by atoms with van der Waals surface area (Å²) in [5, 5.41) is 3.36. The van der Waals surface area contributed by atoms with Crippen molar-refractivity contribution >= 4 is 24.2 Å². The molecular weight excluding hydrogens is 326 g/mol. The Morgan fingerprint density at radius 3 is 2.38 bits per heavy atom. The lowest BCUT2D eigenvalue weighted by atomic mass is 9.92. The smallest absolute Gasteiger partial charge is 0.240 e. The molecule has 132 valence electrons. The van der Waals surface area contributed by atoms with E-state index in [0.717, 1.165) is 25.8 Å². The maximum Gasteiger partial charge on any atom is 0.240 e. The van der Waals surface area contributed by atoms with E-state index in [1.54, 1.807) is 19.0 Å². The van der Waals surface area contributed by atoms with E-state index in [-0.39, 0.29) is 36.2 Å². The van der Waals surface area contributed by atoms with Crippen molar-refractivity contribution in [2.75, 3.05) is 27.2 Å². The van der Waals surface area contributed by atoms with E-state index in [9.17, 15) is 9.59 Å². The van der Waals surface area contributed by atoms with Crippen LogP contribution in [0.15, 0.2) is 24.3 Å². The summed E-state index contributed by atoms with van der Waals surface area (Å²) in [5.41, 5.74) is 2.55. The van der Waals surface area contributed by atoms with Crippen LogP contribution in [0.2, 0.25) is 0 Å². The lowest BCUT2D eigenvalue weighted by Gasteiger charge is -2.36. The first-order valence-electron chi connectivity index (χ1n) is 8.36. The Bertz CT molecular complexity index is 598. The van der Waals surface area contributed by atoms with Crippen molar-refractivity contribution in [3.8, 4) is 0 Å². The molecule has 24 heavy (non-hydrogen) atoms. The number of nitrogens with one attached hydrogen (secondary N) is 1. The van der Waals surface area contributed by atoms with Gasteiger partial charge in [-0.25, -0.2) is 0 Å². The van der Waals surface area contributed by atoms with E-state index >= 15 is 0 Å². The predicted octanol–water partition coefficient (Wildman–Crippen LogP) is 1.45. The molecule has 1 atom stereocenters. The molecule has 0 bridgehead atoms. The van der Waals surface area contributed by atoms with Gasteiger partial charge >= 0.3 is 0 Å². The minimum atomic E-state index is -0.133. The third-order valence-corrected chi connectivity index (χ3v) is 4.98. The predicted molar refractivity (Wildman–Crippen MR) is 96.0 cm³/mol. The lowest BCUT2D eigenvalue weighted by Crippen LogP contribution is -2.52. The minimum absolute atomic E-state index is 0. The van der Waals surface area contributed by atoms with E-state index in [2.05, 4.69) is 17.4 Å². The molecule has 1 N–H and O–H groups in total. The van der Waals surface area contributed by atoms with Crippen LogP contribution in [-0.4, -0.2) is 54.8 Å². The summed E-state index contributed by atoms with van der Waals surface area (Å²) in [5.74, 6) is 0.422. The van der Waals surface area contributed by atoms with Crippen molar-refractivity contribution in [1.29, 1.82) is 0 Å². The van der Waals surface area contributed by atoms with Gasteiger partial charge in [-0.15, -0.1) is 12.4 Å². The number of benzene rings is 1. The Hall–Kier alpha value is -1.59. The number of carbonyl (C=O) groups excluding carboxylic acids is 2. The minimum Gasteiger partial charge on any atom is -0.349 e. The van der Waals surface area contributed by atoms with Gasteiger partial charge < -0.3 is 15.1 Å². The Morgan fingerprint density at radius 2 is 1.75 bits per heavy atom. The first kappa shape index (κ1) is 18.7. The van der Waals surface area contributed by atoms with E-state index in [0.29, 0.717) is 13.1 Å². The van der Waals surface area contributed by atoms with Crippen molar-refractivity contribution in [3.05, 3.63) is 35.4 Å². The van der Waals surface area contributed by atoms with Crippen molar-refractivity contribution in [2.24, 2.45) is 5.92 Å². The van der Waals surface area contributed by atoms with Crippen LogP contribution in [0.5, 0.6) is 0 Å². The number of rotatable bonds is 2. The van der Waals surface area contributed by atoms with Crippen LogP contribution in [-0.2, 0) is 22.6 Å². The highest BCUT2D eigenvalue weighted by molar-refractivity contribution is 5.85. The number of fused-ring (bicyclic) bond motifs is 1. The number of piperidine rings is 1. The SMILES string of the molecule is CN(C)C(=O)C1CCN(C(=O)C2Cc3ccccc3CN2)CC1.Cl. The number of hydrogen-bond donors (Lipinski definition) is 1. The molecule has 2 aliphatic rings. The van der Waals surface area contributed by atoms with Gasteiger partial charge in [-0.2, -0.15) is 0 Å². The van der Waals surface area contributed by atoms with Gasteiger partial charge in [0.2, 0.25) is 11.8 Å². The lowest BCUT2D eigenvalue weighted by molar-refractivity contribution is -0.140. The van der Waals surface area contributed by atoms with Gasteiger partial charge in [0.25, 0.3) is 0 Å². The molecule has 0 saturated carbocycles. The highest BCUT2D eigenvalue weighted by Crippen LogP contribution is 2.22. The highest BCUT2D eigenvalue weighted by Gasteiger charge is 2.32. The van der Waals surface area contributed by atoms with E-state index in [1.807, 2.05) is 17.0 Å². The number of halogens is 1.